The molecule has 0 saturated heterocycles. The van der Waals surface area contributed by atoms with Gasteiger partial charge in [0.15, 0.2) is 0 Å². The maximum Gasteiger partial charge on any atom is 0.222 e. The number of nitrogens with zero attached hydrogens (tertiary/aromatic N) is 4. The Balaban J connectivity index is 2.27. The van der Waals surface area contributed by atoms with Crippen molar-refractivity contribution in [1.29, 1.82) is 0 Å². The predicted molar refractivity (Wildman–Crippen MR) is 75.7 cm³/mol. The summed E-state index contributed by atoms with van der Waals surface area (Å²) in [6.07, 6.45) is 3.75. The number of hydrogen-bond donors (Lipinski definition) is 2. The fourth-order valence-corrected chi connectivity index (χ4v) is 2.12. The average molecular weight is 254 g/mol. The second kappa shape index (κ2) is 4.24. The molecule has 0 spiro atoms. The Morgan fingerprint density at radius 1 is 1.26 bits per heavy atom. The molecular weight excluding hydrogens is 240 g/mol. The molecule has 96 valence electrons. The lowest BCUT2D eigenvalue weighted by molar-refractivity contribution is 0.948. The zero-order chi connectivity index (χ0) is 13.4. The van der Waals surface area contributed by atoms with Crippen molar-refractivity contribution in [3.8, 4) is 11.3 Å². The van der Waals surface area contributed by atoms with Gasteiger partial charge in [0.05, 0.1) is 5.69 Å². The van der Waals surface area contributed by atoms with E-state index in [1.807, 2.05) is 36.0 Å². The van der Waals surface area contributed by atoms with Crippen LogP contribution in [0.1, 0.15) is 0 Å². The Hall–Kier alpha value is -2.63. The number of anilines is 2. The van der Waals surface area contributed by atoms with E-state index in [4.69, 9.17) is 5.73 Å². The molecule has 0 unspecified atom stereocenters. The molecule has 19 heavy (non-hydrogen) atoms. The summed E-state index contributed by atoms with van der Waals surface area (Å²) < 4.78 is 1.97. The smallest absolute Gasteiger partial charge is 0.222 e. The summed E-state index contributed by atoms with van der Waals surface area (Å²) in [5.74, 6) is 0.950. The Morgan fingerprint density at radius 2 is 2.11 bits per heavy atom. The quantitative estimate of drug-likeness (QED) is 0.726. The first-order valence-corrected chi connectivity index (χ1v) is 5.92. The van der Waals surface area contributed by atoms with Crippen molar-refractivity contribution < 1.29 is 0 Å². The molecule has 0 bridgehead atoms. The summed E-state index contributed by atoms with van der Waals surface area (Å²) >= 11 is 0. The number of nitrogen functional groups attached to an aromatic ring is 1. The van der Waals surface area contributed by atoms with E-state index in [1.165, 1.54) is 0 Å². The van der Waals surface area contributed by atoms with Gasteiger partial charge in [-0.3, -0.25) is 0 Å². The van der Waals surface area contributed by atoms with Gasteiger partial charge in [0.2, 0.25) is 5.95 Å². The maximum atomic E-state index is 5.74. The van der Waals surface area contributed by atoms with Gasteiger partial charge in [0.25, 0.3) is 0 Å². The number of pyridine rings is 1. The lowest BCUT2D eigenvalue weighted by Crippen LogP contribution is -2.01. The van der Waals surface area contributed by atoms with Crippen LogP contribution in [0, 0.1) is 0 Å². The molecule has 3 N–H and O–H groups in total. The van der Waals surface area contributed by atoms with Crippen LogP contribution in [-0.4, -0.2) is 26.6 Å². The summed E-state index contributed by atoms with van der Waals surface area (Å²) in [5, 5.41) is 4.03. The van der Waals surface area contributed by atoms with Crippen LogP contribution in [0.3, 0.4) is 0 Å². The molecule has 0 aromatic carbocycles. The van der Waals surface area contributed by atoms with Gasteiger partial charge in [-0.2, -0.15) is 4.98 Å². The Labute approximate surface area is 110 Å². The first-order chi connectivity index (χ1) is 9.19. The third-order valence-corrected chi connectivity index (χ3v) is 3.04. The Kier molecular flexibility index (Phi) is 2.56. The zero-order valence-corrected chi connectivity index (χ0v) is 10.8. The van der Waals surface area contributed by atoms with Crippen LogP contribution in [0.2, 0.25) is 0 Å². The van der Waals surface area contributed by atoms with Gasteiger partial charge in [-0.25, -0.2) is 9.97 Å². The minimum Gasteiger partial charge on any atom is -0.373 e. The lowest BCUT2D eigenvalue weighted by Gasteiger charge is -2.06. The van der Waals surface area contributed by atoms with E-state index in [1.54, 1.807) is 13.2 Å². The number of hydrogen-bond acceptors (Lipinski definition) is 5. The van der Waals surface area contributed by atoms with Crippen molar-refractivity contribution in [1.82, 2.24) is 19.5 Å². The summed E-state index contributed by atoms with van der Waals surface area (Å²) in [7, 11) is 3.77. The van der Waals surface area contributed by atoms with E-state index in [-0.39, 0.29) is 5.95 Å². The van der Waals surface area contributed by atoms with Gasteiger partial charge in [-0.05, 0) is 12.1 Å². The molecular formula is C13H14N6. The molecule has 0 saturated carbocycles. The van der Waals surface area contributed by atoms with Gasteiger partial charge in [-0.1, -0.05) is 0 Å². The maximum absolute atomic E-state index is 5.74. The van der Waals surface area contributed by atoms with Gasteiger partial charge in [-0.15, -0.1) is 0 Å². The molecule has 0 aliphatic carbocycles. The lowest BCUT2D eigenvalue weighted by atomic mass is 10.1. The van der Waals surface area contributed by atoms with Gasteiger partial charge < -0.3 is 15.6 Å². The number of nitrogens with two attached hydrogens (primary N) is 1. The van der Waals surface area contributed by atoms with E-state index in [9.17, 15) is 0 Å². The average Bonchev–Trinajstić information content (AvgIpc) is 2.80. The fraction of sp³-hybridized carbons (Fsp3) is 0.154. The highest BCUT2D eigenvalue weighted by Crippen LogP contribution is 2.27. The molecule has 3 aromatic rings. The fourth-order valence-electron chi connectivity index (χ4n) is 2.12. The van der Waals surface area contributed by atoms with E-state index in [2.05, 4.69) is 20.3 Å². The van der Waals surface area contributed by atoms with Crippen molar-refractivity contribution in [2.75, 3.05) is 18.1 Å². The van der Waals surface area contributed by atoms with Crippen LogP contribution in [0.15, 0.2) is 30.6 Å². The molecule has 0 amide bonds. The number of nitrogens with one attached hydrogen (secondary N) is 1. The predicted octanol–water partition coefficient (Wildman–Crippen LogP) is 1.65. The molecule has 0 aliphatic heterocycles. The van der Waals surface area contributed by atoms with Crippen LogP contribution in [0.4, 0.5) is 11.8 Å². The van der Waals surface area contributed by atoms with Crippen molar-refractivity contribution in [2.24, 2.45) is 7.05 Å². The number of rotatable bonds is 2. The highest BCUT2D eigenvalue weighted by atomic mass is 15.1. The highest BCUT2D eigenvalue weighted by Gasteiger charge is 2.10. The SMILES string of the molecule is CNc1cc(-c2ccnc3c2ccn3C)nc(N)n1. The Bertz CT molecular complexity index is 746. The molecule has 3 rings (SSSR count). The zero-order valence-electron chi connectivity index (χ0n) is 10.8. The third-order valence-electron chi connectivity index (χ3n) is 3.04. The number of fused-ring (bicyclic) bond motifs is 1. The standard InChI is InChI=1S/C13H14N6/c1-15-11-7-10(17-13(14)18-11)8-3-5-16-12-9(8)4-6-19(12)2/h3-7H,1-2H3,(H3,14,15,17,18). The first-order valence-electron chi connectivity index (χ1n) is 5.92. The molecule has 3 aromatic heterocycles. The number of aryl methyl sites for hydroxylation is 1. The largest absolute Gasteiger partial charge is 0.373 e. The van der Waals surface area contributed by atoms with Crippen molar-refractivity contribution in [3.63, 3.8) is 0 Å². The van der Waals surface area contributed by atoms with Crippen LogP contribution < -0.4 is 11.1 Å². The summed E-state index contributed by atoms with van der Waals surface area (Å²) in [6.45, 7) is 0. The molecule has 6 heteroatoms. The van der Waals surface area contributed by atoms with E-state index < -0.39 is 0 Å². The first kappa shape index (κ1) is 11.5. The van der Waals surface area contributed by atoms with E-state index >= 15 is 0 Å². The summed E-state index contributed by atoms with van der Waals surface area (Å²) in [4.78, 5) is 12.8. The van der Waals surface area contributed by atoms with E-state index in [0.29, 0.717) is 5.82 Å². The van der Waals surface area contributed by atoms with E-state index in [0.717, 1.165) is 22.3 Å². The molecule has 0 fully saturated rings. The minimum absolute atomic E-state index is 0.253. The number of aromatic nitrogens is 4. The second-order valence-electron chi connectivity index (χ2n) is 4.27. The van der Waals surface area contributed by atoms with Crippen molar-refractivity contribution in [3.05, 3.63) is 30.6 Å². The summed E-state index contributed by atoms with van der Waals surface area (Å²) in [5.41, 5.74) is 8.44. The molecule has 3 heterocycles. The van der Waals surface area contributed by atoms with Gasteiger partial charge in [0.1, 0.15) is 11.5 Å². The second-order valence-corrected chi connectivity index (χ2v) is 4.27. The summed E-state index contributed by atoms with van der Waals surface area (Å²) in [6, 6.07) is 5.83. The van der Waals surface area contributed by atoms with Crippen LogP contribution in [0.5, 0.6) is 0 Å². The minimum atomic E-state index is 0.253. The Morgan fingerprint density at radius 3 is 2.89 bits per heavy atom. The monoisotopic (exact) mass is 254 g/mol. The third kappa shape index (κ3) is 1.87. The molecule has 0 radical (unpaired) electrons. The van der Waals surface area contributed by atoms with Crippen LogP contribution >= 0.6 is 0 Å². The highest BCUT2D eigenvalue weighted by molar-refractivity contribution is 5.92. The normalized spacial score (nSPS) is 10.8. The molecule has 0 atom stereocenters. The van der Waals surface area contributed by atoms with Crippen LogP contribution in [-0.2, 0) is 7.05 Å². The topological polar surface area (TPSA) is 81.7 Å². The molecule has 6 nitrogen and oxygen atoms in total. The molecule has 0 aliphatic rings. The van der Waals surface area contributed by atoms with Crippen molar-refractivity contribution in [2.45, 2.75) is 0 Å². The van der Waals surface area contributed by atoms with Gasteiger partial charge in [0, 0.05) is 43.5 Å². The van der Waals surface area contributed by atoms with Crippen LogP contribution in [0.25, 0.3) is 22.3 Å². The van der Waals surface area contributed by atoms with Gasteiger partial charge >= 0.3 is 0 Å². The van der Waals surface area contributed by atoms with Crippen molar-refractivity contribution >= 4 is 22.8 Å².